The summed E-state index contributed by atoms with van der Waals surface area (Å²) in [6.45, 7) is 0. The van der Waals surface area contributed by atoms with Crippen molar-refractivity contribution in [3.63, 3.8) is 0 Å². The molecule has 0 bridgehead atoms. The Morgan fingerprint density at radius 2 is 1.19 bits per heavy atom. The van der Waals surface area contributed by atoms with E-state index in [0.717, 1.165) is 28.4 Å². The predicted octanol–water partition coefficient (Wildman–Crippen LogP) is 6.18. The van der Waals surface area contributed by atoms with Crippen molar-refractivity contribution in [2.24, 2.45) is 0 Å². The standard InChI is InChI=1S/C11H11NO4.C10H8N2O3.2C7H9NO.C3H3NO4.2ClH/c1-16-11-4-2-3-9(7-11)5-6-10(8-13)12(14)15;1-15-10-4-2-3-9-8(10)5-7(6-11-9)12(13)14;2*1-9-7-4-2-3-6(8)5-7;5-1-3(2-6)4(7)8;;/h2-4,6-8H,5H2,1H3;2-6H,1H3;2*2-5H,8H2,1H3;1-3H;2*1H/b10-6+;;;;;;. The molecule has 0 saturated carbocycles. The van der Waals surface area contributed by atoms with Crippen molar-refractivity contribution in [3.8, 4) is 23.0 Å². The fourth-order valence-electron chi connectivity index (χ4n) is 3.99. The lowest BCUT2D eigenvalue weighted by Gasteiger charge is -2.03. The van der Waals surface area contributed by atoms with Crippen molar-refractivity contribution in [1.29, 1.82) is 0 Å². The number of benzene rings is 4. The van der Waals surface area contributed by atoms with Gasteiger partial charge >= 0.3 is 11.7 Å². The number of allylic oxidation sites excluding steroid dienone is 2. The molecule has 0 aliphatic heterocycles. The minimum Gasteiger partial charge on any atom is -0.497 e. The number of anilines is 2. The molecule has 59 heavy (non-hydrogen) atoms. The molecule has 1 aromatic heterocycles. The molecule has 0 aliphatic rings. The Bertz CT molecular complexity index is 2090. The smallest absolute Gasteiger partial charge is 0.321 e. The normalized spacial score (nSPS) is 9.47. The second kappa shape index (κ2) is 29.8. The van der Waals surface area contributed by atoms with Gasteiger partial charge < -0.3 is 30.4 Å². The Labute approximate surface area is 350 Å². The average Bonchev–Trinajstić information content (AvgIpc) is 3.21. The van der Waals surface area contributed by atoms with Crippen LogP contribution in [0.5, 0.6) is 23.0 Å². The van der Waals surface area contributed by atoms with Crippen LogP contribution in [0.2, 0.25) is 0 Å². The SMILES string of the molecule is COc1cccc(C/C=C(\C=O)[N+](=O)[O-])c1.COc1cccc(N)c1.COc1cccc(N)c1.COc1cccc2ncc([N+](=O)[O-])cc12.Cl.Cl.O=CC(C=O)[N+](=O)[O-]. The van der Waals surface area contributed by atoms with Crippen LogP contribution in [-0.4, -0.2) is 73.1 Å². The molecule has 5 rings (SSSR count). The number of aldehydes is 3. The Hall–Kier alpha value is -7.38. The highest BCUT2D eigenvalue weighted by Gasteiger charge is 2.15. The summed E-state index contributed by atoms with van der Waals surface area (Å²) in [6, 6.07) is 26.8. The summed E-state index contributed by atoms with van der Waals surface area (Å²) in [5, 5.41) is 31.1. The summed E-state index contributed by atoms with van der Waals surface area (Å²) >= 11 is 0. The van der Waals surface area contributed by atoms with Crippen LogP contribution in [0, 0.1) is 30.3 Å². The number of aromatic nitrogens is 1. The first kappa shape index (κ1) is 53.7. The molecular weight excluding hydrogens is 819 g/mol. The Balaban J connectivity index is 0. The molecule has 0 radical (unpaired) electrons. The Morgan fingerprint density at radius 3 is 1.56 bits per heavy atom. The van der Waals surface area contributed by atoms with Crippen molar-refractivity contribution >= 4 is 71.6 Å². The molecule has 316 valence electrons. The minimum atomic E-state index is -1.69. The third-order valence-corrected chi connectivity index (χ3v) is 6.82. The van der Waals surface area contributed by atoms with E-state index in [2.05, 4.69) is 4.98 Å². The lowest BCUT2D eigenvalue weighted by atomic mass is 10.1. The van der Waals surface area contributed by atoms with E-state index in [1.165, 1.54) is 25.4 Å². The zero-order valence-electron chi connectivity index (χ0n) is 32.0. The number of nitrogen functional groups attached to an aromatic ring is 2. The van der Waals surface area contributed by atoms with Crippen LogP contribution in [0.4, 0.5) is 17.1 Å². The van der Waals surface area contributed by atoms with Gasteiger partial charge in [0, 0.05) is 46.0 Å². The molecule has 0 aliphatic carbocycles. The monoisotopic (exact) mass is 860 g/mol. The minimum absolute atomic E-state index is 0. The maximum absolute atomic E-state index is 10.6. The number of carbonyl (C=O) groups excluding carboxylic acids is 3. The third-order valence-electron chi connectivity index (χ3n) is 6.82. The van der Waals surface area contributed by atoms with Gasteiger partial charge in [-0.1, -0.05) is 30.3 Å². The number of carbonyl (C=O) groups is 3. The first-order chi connectivity index (χ1) is 27.3. The molecule has 4 aromatic carbocycles. The van der Waals surface area contributed by atoms with Gasteiger partial charge in [-0.05, 0) is 60.5 Å². The average molecular weight is 862 g/mol. The number of rotatable bonds is 12. The quantitative estimate of drug-likeness (QED) is 0.0354. The second-order valence-electron chi connectivity index (χ2n) is 10.6. The van der Waals surface area contributed by atoms with Crippen LogP contribution >= 0.6 is 24.8 Å². The van der Waals surface area contributed by atoms with Crippen LogP contribution < -0.4 is 30.4 Å². The lowest BCUT2D eigenvalue weighted by molar-refractivity contribution is -0.489. The van der Waals surface area contributed by atoms with Crippen molar-refractivity contribution in [3.05, 3.63) is 151 Å². The van der Waals surface area contributed by atoms with Gasteiger partial charge in [0.2, 0.25) is 18.9 Å². The predicted molar refractivity (Wildman–Crippen MR) is 225 cm³/mol. The van der Waals surface area contributed by atoms with Gasteiger partial charge in [-0.25, -0.2) is 4.98 Å². The van der Waals surface area contributed by atoms with Gasteiger partial charge in [0.05, 0.1) is 43.8 Å². The molecule has 0 fully saturated rings. The van der Waals surface area contributed by atoms with E-state index in [9.17, 15) is 44.7 Å². The van der Waals surface area contributed by atoms with E-state index in [-0.39, 0.29) is 49.4 Å². The zero-order valence-corrected chi connectivity index (χ0v) is 33.6. The summed E-state index contributed by atoms with van der Waals surface area (Å²) in [4.78, 5) is 61.7. The number of ether oxygens (including phenoxy) is 4. The van der Waals surface area contributed by atoms with Crippen molar-refractivity contribution < 1.29 is 48.1 Å². The lowest BCUT2D eigenvalue weighted by Crippen LogP contribution is -2.21. The highest BCUT2D eigenvalue weighted by molar-refractivity contribution is 5.86. The molecule has 21 heteroatoms. The van der Waals surface area contributed by atoms with E-state index in [1.807, 2.05) is 36.4 Å². The number of nitrogens with zero attached hydrogens (tertiary/aromatic N) is 4. The maximum Gasteiger partial charge on any atom is 0.321 e. The summed E-state index contributed by atoms with van der Waals surface area (Å²) in [5.74, 6) is 2.87. The van der Waals surface area contributed by atoms with Crippen LogP contribution in [0.1, 0.15) is 5.56 Å². The van der Waals surface area contributed by atoms with Gasteiger partial charge in [-0.3, -0.25) is 44.7 Å². The van der Waals surface area contributed by atoms with E-state index in [4.69, 9.17) is 30.4 Å². The maximum atomic E-state index is 10.6. The van der Waals surface area contributed by atoms with Gasteiger partial charge in [0.15, 0.2) is 0 Å². The Kier molecular flexibility index (Phi) is 27.2. The first-order valence-electron chi connectivity index (χ1n) is 16.1. The molecule has 4 N–H and O–H groups in total. The topological polar surface area (TPSA) is 282 Å². The molecule has 0 amide bonds. The summed E-state index contributed by atoms with van der Waals surface area (Å²) in [7, 11) is 6.31. The van der Waals surface area contributed by atoms with Gasteiger partial charge in [0.1, 0.15) is 29.2 Å². The molecular formula is C38H42Cl2N6O13. The largest absolute Gasteiger partial charge is 0.497 e. The second-order valence-corrected chi connectivity index (χ2v) is 10.6. The third kappa shape index (κ3) is 20.4. The highest BCUT2D eigenvalue weighted by atomic mass is 35.5. The van der Waals surface area contributed by atoms with Crippen LogP contribution in [0.25, 0.3) is 10.9 Å². The van der Waals surface area contributed by atoms with Gasteiger partial charge in [-0.15, -0.1) is 24.8 Å². The van der Waals surface area contributed by atoms with Gasteiger partial charge in [-0.2, -0.15) is 0 Å². The van der Waals surface area contributed by atoms with E-state index in [1.54, 1.807) is 75.9 Å². The molecule has 5 aromatic rings. The Morgan fingerprint density at radius 1 is 0.695 bits per heavy atom. The molecule has 1 heterocycles. The van der Waals surface area contributed by atoms with Crippen LogP contribution in [0.15, 0.2) is 115 Å². The number of nitro groups is 3. The number of pyridine rings is 1. The van der Waals surface area contributed by atoms with E-state index in [0.29, 0.717) is 28.8 Å². The number of halogens is 2. The fraction of sp³-hybridized carbons (Fsp3) is 0.158. The zero-order chi connectivity index (χ0) is 42.8. The summed E-state index contributed by atoms with van der Waals surface area (Å²) < 4.78 is 19.9. The van der Waals surface area contributed by atoms with Crippen LogP contribution in [-0.2, 0) is 20.8 Å². The molecule has 0 spiro atoms. The molecule has 0 saturated heterocycles. The molecule has 0 unspecified atom stereocenters. The number of hydrogen-bond acceptors (Lipinski definition) is 16. The number of nitrogens with two attached hydrogens (primary N) is 2. The summed E-state index contributed by atoms with van der Waals surface area (Å²) in [5.41, 5.74) is 13.4. The molecule has 19 nitrogen and oxygen atoms in total. The number of methoxy groups -OCH3 is 4. The van der Waals surface area contributed by atoms with E-state index >= 15 is 0 Å². The highest BCUT2D eigenvalue weighted by Crippen LogP contribution is 2.27. The number of hydrogen-bond donors (Lipinski definition) is 2. The van der Waals surface area contributed by atoms with Crippen molar-refractivity contribution in [1.82, 2.24) is 4.98 Å². The van der Waals surface area contributed by atoms with Crippen LogP contribution in [0.3, 0.4) is 0 Å². The number of fused-ring (bicyclic) bond motifs is 1. The van der Waals surface area contributed by atoms with Crippen molar-refractivity contribution in [2.45, 2.75) is 12.5 Å². The fourth-order valence-corrected chi connectivity index (χ4v) is 3.99. The van der Waals surface area contributed by atoms with E-state index < -0.39 is 26.5 Å². The first-order valence-corrected chi connectivity index (χ1v) is 16.1. The van der Waals surface area contributed by atoms with Crippen molar-refractivity contribution in [2.75, 3.05) is 39.9 Å². The molecule has 0 atom stereocenters. The summed E-state index contributed by atoms with van der Waals surface area (Å²) in [6.07, 6.45) is 3.04. The van der Waals surface area contributed by atoms with Gasteiger partial charge in [0.25, 0.3) is 5.69 Å².